The molecule has 1 aromatic heterocycles. The minimum atomic E-state index is -0.704. The predicted molar refractivity (Wildman–Crippen MR) is 81.9 cm³/mol. The molecule has 1 aromatic rings. The van der Waals surface area contributed by atoms with Gasteiger partial charge in [-0.3, -0.25) is 9.36 Å². The van der Waals surface area contributed by atoms with Gasteiger partial charge in [0, 0.05) is 6.42 Å². The van der Waals surface area contributed by atoms with Gasteiger partial charge in [-0.2, -0.15) is 9.37 Å². The second kappa shape index (κ2) is 8.30. The van der Waals surface area contributed by atoms with Crippen LogP contribution in [0.4, 0.5) is 4.39 Å². The zero-order valence-corrected chi connectivity index (χ0v) is 13.8. The molecule has 0 N–H and O–H groups in total. The first-order chi connectivity index (χ1) is 11.0. The summed E-state index contributed by atoms with van der Waals surface area (Å²) in [6.07, 6.45) is 2.13. The molecular weight excluding hydrogens is 327 g/mol. The van der Waals surface area contributed by atoms with Crippen LogP contribution >= 0.6 is 11.8 Å². The van der Waals surface area contributed by atoms with Crippen molar-refractivity contribution in [1.82, 2.24) is 9.55 Å². The Morgan fingerprint density at radius 3 is 3.04 bits per heavy atom. The number of aromatic nitrogens is 2. The van der Waals surface area contributed by atoms with E-state index in [0.717, 1.165) is 10.8 Å². The minimum Gasteiger partial charge on any atom is -0.476 e. The van der Waals surface area contributed by atoms with Gasteiger partial charge in [0.1, 0.15) is 17.4 Å². The van der Waals surface area contributed by atoms with Gasteiger partial charge in [-0.05, 0) is 13.3 Å². The highest BCUT2D eigenvalue weighted by Crippen LogP contribution is 2.35. The summed E-state index contributed by atoms with van der Waals surface area (Å²) in [4.78, 5) is 26.9. The fraction of sp³-hybridized carbons (Fsp3) is 0.643. The van der Waals surface area contributed by atoms with Crippen LogP contribution in [0.25, 0.3) is 0 Å². The van der Waals surface area contributed by atoms with Crippen LogP contribution in [0.5, 0.6) is 5.88 Å². The van der Waals surface area contributed by atoms with Crippen molar-refractivity contribution < 1.29 is 23.4 Å². The maximum absolute atomic E-state index is 13.8. The summed E-state index contributed by atoms with van der Waals surface area (Å²) in [6, 6.07) is 0. The number of esters is 1. The van der Waals surface area contributed by atoms with Crippen LogP contribution in [0.1, 0.15) is 32.1 Å². The van der Waals surface area contributed by atoms with E-state index in [1.807, 2.05) is 6.92 Å². The lowest BCUT2D eigenvalue weighted by molar-refractivity contribution is -0.145. The minimum absolute atomic E-state index is 0.0989. The standard InChI is InChI=1S/C14H19FN2O5S/c1-3-5-11(18)21-8-12-22-7-10(23-12)17-6-9(15)13(20-4-2)16-14(17)19/h6,10,12H,3-5,7-8H2,1-2H3. The number of carbonyl (C=O) groups is 1. The van der Waals surface area contributed by atoms with Gasteiger partial charge in [0.25, 0.3) is 5.88 Å². The molecule has 2 unspecified atom stereocenters. The third-order valence-corrected chi connectivity index (χ3v) is 4.29. The molecule has 23 heavy (non-hydrogen) atoms. The van der Waals surface area contributed by atoms with Crippen LogP contribution in [-0.2, 0) is 14.3 Å². The van der Waals surface area contributed by atoms with Crippen LogP contribution in [0.15, 0.2) is 11.0 Å². The van der Waals surface area contributed by atoms with Crippen molar-refractivity contribution in [2.24, 2.45) is 0 Å². The summed E-state index contributed by atoms with van der Waals surface area (Å²) in [5, 5.41) is -0.421. The van der Waals surface area contributed by atoms with E-state index < -0.39 is 16.9 Å². The summed E-state index contributed by atoms with van der Waals surface area (Å²) < 4.78 is 30.5. The Labute approximate surface area is 137 Å². The average Bonchev–Trinajstić information content (AvgIpc) is 2.98. The number of ether oxygens (including phenoxy) is 3. The third-order valence-electron chi connectivity index (χ3n) is 3.03. The van der Waals surface area contributed by atoms with Crippen molar-refractivity contribution in [3.05, 3.63) is 22.5 Å². The second-order valence-corrected chi connectivity index (χ2v) is 6.15. The van der Waals surface area contributed by atoms with Gasteiger partial charge in [0.05, 0.1) is 19.4 Å². The van der Waals surface area contributed by atoms with Crippen molar-refractivity contribution in [2.45, 2.75) is 37.5 Å². The van der Waals surface area contributed by atoms with E-state index in [0.29, 0.717) is 12.8 Å². The van der Waals surface area contributed by atoms with E-state index >= 15 is 0 Å². The maximum Gasteiger partial charge on any atom is 0.352 e. The Kier molecular flexibility index (Phi) is 6.40. The second-order valence-electron chi connectivity index (χ2n) is 4.80. The van der Waals surface area contributed by atoms with Crippen LogP contribution in [0.3, 0.4) is 0 Å². The number of carbonyl (C=O) groups excluding carboxylic acids is 1. The van der Waals surface area contributed by atoms with E-state index in [2.05, 4.69) is 4.98 Å². The lowest BCUT2D eigenvalue weighted by atomic mass is 10.3. The SMILES string of the molecule is CCCC(=O)OCC1OCC(n2cc(F)c(OCC)nc2=O)S1. The van der Waals surface area contributed by atoms with Gasteiger partial charge in [-0.1, -0.05) is 18.7 Å². The molecular formula is C14H19FN2O5S. The van der Waals surface area contributed by atoms with Crippen molar-refractivity contribution in [2.75, 3.05) is 19.8 Å². The number of rotatable bonds is 7. The molecule has 2 atom stereocenters. The van der Waals surface area contributed by atoms with Crippen LogP contribution in [-0.4, -0.2) is 40.8 Å². The van der Waals surface area contributed by atoms with E-state index in [4.69, 9.17) is 14.2 Å². The normalized spacial score (nSPS) is 20.5. The topological polar surface area (TPSA) is 79.7 Å². The third kappa shape index (κ3) is 4.68. The zero-order chi connectivity index (χ0) is 16.8. The molecule has 2 rings (SSSR count). The van der Waals surface area contributed by atoms with Gasteiger partial charge >= 0.3 is 11.7 Å². The Morgan fingerprint density at radius 2 is 2.35 bits per heavy atom. The zero-order valence-electron chi connectivity index (χ0n) is 13.0. The molecule has 1 saturated heterocycles. The first-order valence-corrected chi connectivity index (χ1v) is 8.33. The molecule has 1 fully saturated rings. The van der Waals surface area contributed by atoms with Crippen LogP contribution in [0, 0.1) is 5.82 Å². The molecule has 0 aromatic carbocycles. The van der Waals surface area contributed by atoms with E-state index in [-0.39, 0.29) is 37.1 Å². The monoisotopic (exact) mass is 346 g/mol. The molecule has 0 saturated carbocycles. The number of thioether (sulfide) groups is 1. The molecule has 1 aliphatic rings. The highest BCUT2D eigenvalue weighted by atomic mass is 32.2. The van der Waals surface area contributed by atoms with E-state index in [1.165, 1.54) is 11.8 Å². The smallest absolute Gasteiger partial charge is 0.352 e. The molecule has 9 heteroatoms. The first kappa shape index (κ1) is 17.7. The van der Waals surface area contributed by atoms with Gasteiger partial charge in [-0.15, -0.1) is 0 Å². The van der Waals surface area contributed by atoms with Gasteiger partial charge < -0.3 is 14.2 Å². The number of hydrogen-bond donors (Lipinski definition) is 0. The molecule has 2 heterocycles. The van der Waals surface area contributed by atoms with Crippen LogP contribution < -0.4 is 10.4 Å². The number of nitrogens with zero attached hydrogens (tertiary/aromatic N) is 2. The predicted octanol–water partition coefficient (Wildman–Crippen LogP) is 1.71. The van der Waals surface area contributed by atoms with Gasteiger partial charge in [0.2, 0.25) is 5.82 Å². The average molecular weight is 346 g/mol. The first-order valence-electron chi connectivity index (χ1n) is 7.39. The maximum atomic E-state index is 13.8. The Bertz CT molecular complexity index is 609. The molecule has 0 radical (unpaired) electrons. The summed E-state index contributed by atoms with van der Waals surface area (Å²) in [5.41, 5.74) is -0.998. The number of halogens is 1. The summed E-state index contributed by atoms with van der Waals surface area (Å²) >= 11 is 1.28. The molecule has 7 nitrogen and oxygen atoms in total. The quantitative estimate of drug-likeness (QED) is 0.695. The van der Waals surface area contributed by atoms with E-state index in [9.17, 15) is 14.0 Å². The molecule has 0 spiro atoms. The van der Waals surface area contributed by atoms with Gasteiger partial charge in [0.15, 0.2) is 0 Å². The fourth-order valence-corrected chi connectivity index (χ4v) is 3.08. The number of hydrogen-bond acceptors (Lipinski definition) is 7. The summed E-state index contributed by atoms with van der Waals surface area (Å²) in [7, 11) is 0. The largest absolute Gasteiger partial charge is 0.476 e. The molecule has 0 aliphatic carbocycles. The van der Waals surface area contributed by atoms with Crippen LogP contribution in [0.2, 0.25) is 0 Å². The fourth-order valence-electron chi connectivity index (χ4n) is 1.99. The molecule has 0 bridgehead atoms. The van der Waals surface area contributed by atoms with Crippen molar-refractivity contribution >= 4 is 17.7 Å². The Balaban J connectivity index is 1.97. The van der Waals surface area contributed by atoms with Crippen molar-refractivity contribution in [1.29, 1.82) is 0 Å². The Hall–Kier alpha value is -1.61. The summed E-state index contributed by atoms with van der Waals surface area (Å²) in [5.74, 6) is -1.29. The lowest BCUT2D eigenvalue weighted by Crippen LogP contribution is -2.27. The molecule has 128 valence electrons. The highest BCUT2D eigenvalue weighted by molar-refractivity contribution is 8.00. The van der Waals surface area contributed by atoms with Crippen molar-refractivity contribution in [3.8, 4) is 5.88 Å². The van der Waals surface area contributed by atoms with Gasteiger partial charge in [-0.25, -0.2) is 4.79 Å². The summed E-state index contributed by atoms with van der Waals surface area (Å²) in [6.45, 7) is 4.09. The molecule has 0 amide bonds. The lowest BCUT2D eigenvalue weighted by Gasteiger charge is -2.13. The van der Waals surface area contributed by atoms with Crippen molar-refractivity contribution in [3.63, 3.8) is 0 Å². The highest BCUT2D eigenvalue weighted by Gasteiger charge is 2.30. The molecule has 1 aliphatic heterocycles. The van der Waals surface area contributed by atoms with E-state index in [1.54, 1.807) is 6.92 Å². The Morgan fingerprint density at radius 1 is 1.57 bits per heavy atom.